The molecule has 100 valence electrons. The Hall–Kier alpha value is -1.09. The highest BCUT2D eigenvalue weighted by atomic mass is 16.5. The molecule has 0 aromatic carbocycles. The first-order valence-electron chi connectivity index (χ1n) is 6.78. The second-order valence-corrected chi connectivity index (χ2v) is 6.31. The molecule has 1 fully saturated rings. The van der Waals surface area contributed by atoms with Gasteiger partial charge in [0.1, 0.15) is 0 Å². The fourth-order valence-electron chi connectivity index (χ4n) is 1.74. The molecule has 0 saturated heterocycles. The summed E-state index contributed by atoms with van der Waals surface area (Å²) in [6.07, 6.45) is 2.62. The summed E-state index contributed by atoms with van der Waals surface area (Å²) in [7, 11) is 0. The van der Waals surface area contributed by atoms with E-state index in [9.17, 15) is 0 Å². The smallest absolute Gasteiger partial charge is 0.213 e. The van der Waals surface area contributed by atoms with Gasteiger partial charge in [0, 0.05) is 23.8 Å². The number of aryl methyl sites for hydroxylation is 1. The van der Waals surface area contributed by atoms with Crippen LogP contribution in [0.25, 0.3) is 0 Å². The minimum Gasteiger partial charge on any atom is -0.477 e. The fourth-order valence-corrected chi connectivity index (χ4v) is 1.74. The van der Waals surface area contributed by atoms with Crippen molar-refractivity contribution in [2.24, 2.45) is 5.92 Å². The molecule has 1 heterocycles. The molecule has 0 aliphatic heterocycles. The highest BCUT2D eigenvalue weighted by molar-refractivity contribution is 5.24. The first kappa shape index (κ1) is 13.3. The third kappa shape index (κ3) is 4.65. The van der Waals surface area contributed by atoms with Crippen LogP contribution in [0.15, 0.2) is 12.1 Å². The van der Waals surface area contributed by atoms with E-state index in [-0.39, 0.29) is 5.54 Å². The maximum absolute atomic E-state index is 5.74. The number of hydrogen-bond donors (Lipinski definition) is 1. The Balaban J connectivity index is 1.96. The van der Waals surface area contributed by atoms with Crippen LogP contribution in [-0.4, -0.2) is 17.1 Å². The summed E-state index contributed by atoms with van der Waals surface area (Å²) in [6.45, 7) is 10.2. The maximum atomic E-state index is 5.74. The van der Waals surface area contributed by atoms with Crippen LogP contribution in [0, 0.1) is 12.8 Å². The summed E-state index contributed by atoms with van der Waals surface area (Å²) in [5, 5.41) is 3.49. The van der Waals surface area contributed by atoms with E-state index in [1.165, 1.54) is 18.4 Å². The molecule has 3 heteroatoms. The summed E-state index contributed by atoms with van der Waals surface area (Å²) in [5.74, 6) is 1.54. The van der Waals surface area contributed by atoms with E-state index >= 15 is 0 Å². The van der Waals surface area contributed by atoms with Gasteiger partial charge in [0.15, 0.2) is 0 Å². The molecular weight excluding hydrogens is 224 g/mol. The molecule has 0 atom stereocenters. The number of ether oxygens (including phenoxy) is 1. The molecule has 0 spiro atoms. The Morgan fingerprint density at radius 3 is 2.67 bits per heavy atom. The third-order valence-corrected chi connectivity index (χ3v) is 2.98. The quantitative estimate of drug-likeness (QED) is 0.869. The van der Waals surface area contributed by atoms with Gasteiger partial charge in [-0.2, -0.15) is 0 Å². The van der Waals surface area contributed by atoms with Gasteiger partial charge in [-0.3, -0.25) is 0 Å². The molecular formula is C15H24N2O. The zero-order chi connectivity index (χ0) is 13.2. The standard InChI is InChI=1S/C15H24N2O/c1-11-7-13(9-16-15(2,3)4)8-14(17-11)18-10-12-5-6-12/h7-8,12,16H,5-6,9-10H2,1-4H3. The zero-order valence-corrected chi connectivity index (χ0v) is 11.9. The summed E-state index contributed by atoms with van der Waals surface area (Å²) in [4.78, 5) is 4.43. The summed E-state index contributed by atoms with van der Waals surface area (Å²) >= 11 is 0. The molecule has 3 nitrogen and oxygen atoms in total. The van der Waals surface area contributed by atoms with Crippen LogP contribution in [-0.2, 0) is 6.54 Å². The Bertz CT molecular complexity index is 405. The monoisotopic (exact) mass is 248 g/mol. The zero-order valence-electron chi connectivity index (χ0n) is 11.9. The van der Waals surface area contributed by atoms with E-state index in [1.54, 1.807) is 0 Å². The van der Waals surface area contributed by atoms with Crippen molar-refractivity contribution in [2.45, 2.75) is 52.6 Å². The molecule has 0 bridgehead atoms. The lowest BCUT2D eigenvalue weighted by Gasteiger charge is -2.20. The van der Waals surface area contributed by atoms with E-state index < -0.39 is 0 Å². The van der Waals surface area contributed by atoms with Crippen LogP contribution in [0.2, 0.25) is 0 Å². The Morgan fingerprint density at radius 2 is 2.06 bits per heavy atom. The first-order chi connectivity index (χ1) is 8.42. The van der Waals surface area contributed by atoms with E-state index in [1.807, 2.05) is 13.0 Å². The number of aromatic nitrogens is 1. The van der Waals surface area contributed by atoms with Gasteiger partial charge < -0.3 is 10.1 Å². The third-order valence-electron chi connectivity index (χ3n) is 2.98. The van der Waals surface area contributed by atoms with Gasteiger partial charge in [-0.1, -0.05) is 0 Å². The largest absolute Gasteiger partial charge is 0.477 e. The maximum Gasteiger partial charge on any atom is 0.213 e. The molecule has 2 rings (SSSR count). The van der Waals surface area contributed by atoms with Crippen LogP contribution < -0.4 is 10.1 Å². The molecule has 0 radical (unpaired) electrons. The predicted octanol–water partition coefficient (Wildman–Crippen LogP) is 3.07. The van der Waals surface area contributed by atoms with Crippen molar-refractivity contribution in [3.63, 3.8) is 0 Å². The highest BCUT2D eigenvalue weighted by Crippen LogP contribution is 2.29. The summed E-state index contributed by atoms with van der Waals surface area (Å²) < 4.78 is 5.74. The van der Waals surface area contributed by atoms with Crippen LogP contribution in [0.3, 0.4) is 0 Å². The van der Waals surface area contributed by atoms with Crippen molar-refractivity contribution in [3.8, 4) is 5.88 Å². The fraction of sp³-hybridized carbons (Fsp3) is 0.667. The van der Waals surface area contributed by atoms with Crippen molar-refractivity contribution in [3.05, 3.63) is 23.4 Å². The topological polar surface area (TPSA) is 34.1 Å². The Kier molecular flexibility index (Phi) is 3.91. The van der Waals surface area contributed by atoms with Crippen molar-refractivity contribution in [2.75, 3.05) is 6.61 Å². The lowest BCUT2D eigenvalue weighted by molar-refractivity contribution is 0.287. The van der Waals surface area contributed by atoms with Gasteiger partial charge in [0.25, 0.3) is 0 Å². The number of pyridine rings is 1. The van der Waals surface area contributed by atoms with Crippen LogP contribution in [0.4, 0.5) is 0 Å². The van der Waals surface area contributed by atoms with Crippen molar-refractivity contribution in [1.82, 2.24) is 10.3 Å². The van der Waals surface area contributed by atoms with Crippen LogP contribution >= 0.6 is 0 Å². The lowest BCUT2D eigenvalue weighted by atomic mass is 10.1. The van der Waals surface area contributed by atoms with E-state index in [2.05, 4.69) is 37.1 Å². The Labute approximate surface area is 110 Å². The summed E-state index contributed by atoms with van der Waals surface area (Å²) in [6, 6.07) is 4.16. The van der Waals surface area contributed by atoms with Crippen LogP contribution in [0.1, 0.15) is 44.9 Å². The number of hydrogen-bond acceptors (Lipinski definition) is 3. The van der Waals surface area contributed by atoms with Gasteiger partial charge in [0.05, 0.1) is 6.61 Å². The van der Waals surface area contributed by atoms with Gasteiger partial charge in [-0.15, -0.1) is 0 Å². The van der Waals surface area contributed by atoms with Gasteiger partial charge in [-0.05, 0) is 58.1 Å². The van der Waals surface area contributed by atoms with E-state index in [0.29, 0.717) is 0 Å². The second kappa shape index (κ2) is 5.27. The first-order valence-corrected chi connectivity index (χ1v) is 6.78. The molecule has 1 aliphatic rings. The number of nitrogens with zero attached hydrogens (tertiary/aromatic N) is 1. The predicted molar refractivity (Wildman–Crippen MR) is 73.8 cm³/mol. The van der Waals surface area contributed by atoms with Gasteiger partial charge in [0.2, 0.25) is 5.88 Å². The van der Waals surface area contributed by atoms with E-state index in [0.717, 1.165) is 30.6 Å². The van der Waals surface area contributed by atoms with Crippen molar-refractivity contribution in [1.29, 1.82) is 0 Å². The molecule has 1 N–H and O–H groups in total. The average Bonchev–Trinajstić information content (AvgIpc) is 3.06. The second-order valence-electron chi connectivity index (χ2n) is 6.31. The normalized spacial score (nSPS) is 15.8. The van der Waals surface area contributed by atoms with Gasteiger partial charge in [-0.25, -0.2) is 4.98 Å². The van der Waals surface area contributed by atoms with Crippen molar-refractivity contribution >= 4 is 0 Å². The SMILES string of the molecule is Cc1cc(CNC(C)(C)C)cc(OCC2CC2)n1. The molecule has 0 amide bonds. The van der Waals surface area contributed by atoms with Gasteiger partial charge >= 0.3 is 0 Å². The molecule has 1 aromatic rings. The lowest BCUT2D eigenvalue weighted by Crippen LogP contribution is -2.35. The Morgan fingerprint density at radius 1 is 1.33 bits per heavy atom. The molecule has 1 saturated carbocycles. The minimum atomic E-state index is 0.131. The number of nitrogens with one attached hydrogen (secondary N) is 1. The average molecular weight is 248 g/mol. The molecule has 18 heavy (non-hydrogen) atoms. The molecule has 1 aliphatic carbocycles. The number of rotatable bonds is 5. The van der Waals surface area contributed by atoms with Crippen molar-refractivity contribution < 1.29 is 4.74 Å². The van der Waals surface area contributed by atoms with Crippen LogP contribution in [0.5, 0.6) is 5.88 Å². The highest BCUT2D eigenvalue weighted by Gasteiger charge is 2.22. The minimum absolute atomic E-state index is 0.131. The summed E-state index contributed by atoms with van der Waals surface area (Å²) in [5.41, 5.74) is 2.39. The van der Waals surface area contributed by atoms with E-state index in [4.69, 9.17) is 4.74 Å². The molecule has 0 unspecified atom stereocenters. The molecule has 1 aromatic heterocycles.